The number of rotatable bonds is 6. The molecule has 0 heterocycles. The quantitative estimate of drug-likeness (QED) is 0.444. The Labute approximate surface area is 105 Å². The average molecular weight is 256 g/mol. The van der Waals surface area contributed by atoms with Crippen molar-refractivity contribution in [3.63, 3.8) is 0 Å². The molecule has 1 aromatic rings. The van der Waals surface area contributed by atoms with Crippen LogP contribution in [0.5, 0.6) is 0 Å². The Morgan fingerprint density at radius 1 is 1.31 bits per heavy atom. The Kier molecular flexibility index (Phi) is 6.42. The first kappa shape index (κ1) is 13.5. The summed E-state index contributed by atoms with van der Waals surface area (Å²) in [6.45, 7) is 2.56. The Hall–Kier alpha value is -0.610. The molecule has 0 bridgehead atoms. The molecule has 4 heteroatoms. The van der Waals surface area contributed by atoms with Gasteiger partial charge in [0.25, 0.3) is 0 Å². The Bertz CT molecular complexity index is 322. The lowest BCUT2D eigenvalue weighted by Crippen LogP contribution is -2.09. The molecule has 0 spiro atoms. The van der Waals surface area contributed by atoms with Crippen molar-refractivity contribution in [2.75, 3.05) is 24.4 Å². The highest BCUT2D eigenvalue weighted by Gasteiger charge is 2.03. The van der Waals surface area contributed by atoms with Gasteiger partial charge in [-0.25, -0.2) is 0 Å². The van der Waals surface area contributed by atoms with Crippen molar-refractivity contribution in [2.24, 2.45) is 0 Å². The summed E-state index contributed by atoms with van der Waals surface area (Å²) >= 11 is 3.19. The molecule has 0 N–H and O–H groups in total. The third-order valence-electron chi connectivity index (χ3n) is 1.93. The number of benzene rings is 1. The molecule has 0 unspecified atom stereocenters. The number of hydrogen-bond acceptors (Lipinski definition) is 4. The maximum absolute atomic E-state index is 11.3. The predicted octanol–water partition coefficient (Wildman–Crippen LogP) is 2.99. The maximum atomic E-state index is 11.3. The summed E-state index contributed by atoms with van der Waals surface area (Å²) in [7, 11) is 0. The number of esters is 1. The Balaban J connectivity index is 2.23. The molecule has 88 valence electrons. The normalized spacial score (nSPS) is 10.1. The first-order valence-corrected chi connectivity index (χ1v) is 7.44. The van der Waals surface area contributed by atoms with E-state index in [2.05, 4.69) is 0 Å². The van der Waals surface area contributed by atoms with E-state index in [1.807, 2.05) is 37.4 Å². The Morgan fingerprint density at radius 2 is 2.00 bits per heavy atom. The summed E-state index contributed by atoms with van der Waals surface area (Å²) in [6.07, 6.45) is 1.99. The van der Waals surface area contributed by atoms with Crippen LogP contribution in [0.25, 0.3) is 0 Å². The molecule has 0 saturated heterocycles. The Morgan fingerprint density at radius 3 is 2.62 bits per heavy atom. The summed E-state index contributed by atoms with van der Waals surface area (Å²) in [4.78, 5) is 12.4. The van der Waals surface area contributed by atoms with E-state index in [-0.39, 0.29) is 5.97 Å². The maximum Gasteiger partial charge on any atom is 0.316 e. The van der Waals surface area contributed by atoms with Crippen LogP contribution in [0.3, 0.4) is 0 Å². The average Bonchev–Trinajstić information content (AvgIpc) is 2.29. The highest BCUT2D eigenvalue weighted by Crippen LogP contribution is 2.18. The summed E-state index contributed by atoms with van der Waals surface area (Å²) in [5.41, 5.74) is 1.23. The van der Waals surface area contributed by atoms with Crippen molar-refractivity contribution in [3.8, 4) is 0 Å². The van der Waals surface area contributed by atoms with Crippen LogP contribution < -0.4 is 0 Å². The van der Waals surface area contributed by atoms with Gasteiger partial charge in [0, 0.05) is 10.6 Å². The van der Waals surface area contributed by atoms with Crippen molar-refractivity contribution in [2.45, 2.75) is 11.8 Å². The second kappa shape index (κ2) is 7.63. The lowest BCUT2D eigenvalue weighted by atomic mass is 10.2. The number of carbonyl (C=O) groups is 1. The van der Waals surface area contributed by atoms with Gasteiger partial charge in [-0.15, -0.1) is 11.8 Å². The van der Waals surface area contributed by atoms with Gasteiger partial charge in [0.15, 0.2) is 0 Å². The molecule has 0 atom stereocenters. The summed E-state index contributed by atoms with van der Waals surface area (Å²) in [5, 5.41) is 0. The molecule has 0 aromatic heterocycles. The van der Waals surface area contributed by atoms with E-state index < -0.39 is 0 Å². The molecule has 1 aromatic carbocycles. The number of aryl methyl sites for hydroxylation is 1. The van der Waals surface area contributed by atoms with Gasteiger partial charge in [0.05, 0.1) is 5.75 Å². The molecule has 0 radical (unpaired) electrons. The van der Waals surface area contributed by atoms with Crippen molar-refractivity contribution in [1.82, 2.24) is 0 Å². The van der Waals surface area contributed by atoms with Gasteiger partial charge in [-0.2, -0.15) is 11.8 Å². The van der Waals surface area contributed by atoms with Crippen LogP contribution >= 0.6 is 23.5 Å². The first-order valence-electron chi connectivity index (χ1n) is 5.06. The van der Waals surface area contributed by atoms with E-state index in [4.69, 9.17) is 4.74 Å². The van der Waals surface area contributed by atoms with Gasteiger partial charge in [-0.3, -0.25) is 4.79 Å². The zero-order valence-corrected chi connectivity index (χ0v) is 11.2. The molecule has 0 fully saturated rings. The standard InChI is InChI=1S/C12H16O2S2/c1-10-3-5-11(6-4-10)16-9-12(13)14-7-8-15-2/h3-6H,7-9H2,1-2H3. The molecule has 0 aliphatic rings. The highest BCUT2D eigenvalue weighted by atomic mass is 32.2. The number of carbonyl (C=O) groups excluding carboxylic acids is 1. The predicted molar refractivity (Wildman–Crippen MR) is 71.2 cm³/mol. The van der Waals surface area contributed by atoms with Crippen LogP contribution in [-0.4, -0.2) is 30.3 Å². The van der Waals surface area contributed by atoms with Crippen LogP contribution in [0.2, 0.25) is 0 Å². The van der Waals surface area contributed by atoms with E-state index in [0.29, 0.717) is 12.4 Å². The topological polar surface area (TPSA) is 26.3 Å². The van der Waals surface area contributed by atoms with Crippen molar-refractivity contribution in [1.29, 1.82) is 0 Å². The van der Waals surface area contributed by atoms with Crippen molar-refractivity contribution in [3.05, 3.63) is 29.8 Å². The molecular formula is C12H16O2S2. The third kappa shape index (κ3) is 5.47. The van der Waals surface area contributed by atoms with Crippen molar-refractivity contribution < 1.29 is 9.53 Å². The fraction of sp³-hybridized carbons (Fsp3) is 0.417. The van der Waals surface area contributed by atoms with Crippen LogP contribution in [0.1, 0.15) is 5.56 Å². The minimum Gasteiger partial charge on any atom is -0.464 e. The van der Waals surface area contributed by atoms with Gasteiger partial charge >= 0.3 is 5.97 Å². The van der Waals surface area contributed by atoms with E-state index in [1.165, 1.54) is 17.3 Å². The third-order valence-corrected chi connectivity index (χ3v) is 3.49. The highest BCUT2D eigenvalue weighted by molar-refractivity contribution is 8.00. The second-order valence-electron chi connectivity index (χ2n) is 3.31. The van der Waals surface area contributed by atoms with Crippen LogP contribution in [0.4, 0.5) is 0 Å². The number of hydrogen-bond donors (Lipinski definition) is 0. The minimum atomic E-state index is -0.139. The fourth-order valence-electron chi connectivity index (χ4n) is 1.06. The molecule has 0 saturated carbocycles. The van der Waals surface area contributed by atoms with Gasteiger partial charge in [-0.1, -0.05) is 17.7 Å². The fourth-order valence-corrected chi connectivity index (χ4v) is 2.00. The number of thioether (sulfide) groups is 2. The van der Waals surface area contributed by atoms with Crippen molar-refractivity contribution >= 4 is 29.5 Å². The number of ether oxygens (including phenoxy) is 1. The summed E-state index contributed by atoms with van der Waals surface area (Å²) in [6, 6.07) is 8.13. The van der Waals surface area contributed by atoms with Gasteiger partial charge < -0.3 is 4.74 Å². The van der Waals surface area contributed by atoms with Gasteiger partial charge in [-0.05, 0) is 25.3 Å². The monoisotopic (exact) mass is 256 g/mol. The van der Waals surface area contributed by atoms with Crippen LogP contribution in [-0.2, 0) is 9.53 Å². The smallest absolute Gasteiger partial charge is 0.316 e. The van der Waals surface area contributed by atoms with E-state index in [1.54, 1.807) is 11.8 Å². The van der Waals surface area contributed by atoms with Crippen LogP contribution in [0, 0.1) is 6.92 Å². The van der Waals surface area contributed by atoms with E-state index >= 15 is 0 Å². The molecule has 2 nitrogen and oxygen atoms in total. The van der Waals surface area contributed by atoms with Gasteiger partial charge in [0.1, 0.15) is 6.61 Å². The van der Waals surface area contributed by atoms with E-state index in [9.17, 15) is 4.79 Å². The lowest BCUT2D eigenvalue weighted by Gasteiger charge is -2.03. The lowest BCUT2D eigenvalue weighted by molar-refractivity contribution is -0.139. The zero-order chi connectivity index (χ0) is 11.8. The molecule has 0 aliphatic heterocycles. The SMILES string of the molecule is CSCCOC(=O)CSc1ccc(C)cc1. The largest absolute Gasteiger partial charge is 0.464 e. The summed E-state index contributed by atoms with van der Waals surface area (Å²) in [5.74, 6) is 1.11. The molecule has 1 rings (SSSR count). The first-order chi connectivity index (χ1) is 7.72. The molecular weight excluding hydrogens is 240 g/mol. The molecule has 0 amide bonds. The molecule has 0 aliphatic carbocycles. The van der Waals surface area contributed by atoms with E-state index in [0.717, 1.165) is 10.6 Å². The molecule has 16 heavy (non-hydrogen) atoms. The second-order valence-corrected chi connectivity index (χ2v) is 5.35. The minimum absolute atomic E-state index is 0.139. The summed E-state index contributed by atoms with van der Waals surface area (Å²) < 4.78 is 5.05. The van der Waals surface area contributed by atoms with Gasteiger partial charge in [0.2, 0.25) is 0 Å². The zero-order valence-electron chi connectivity index (χ0n) is 9.56. The van der Waals surface area contributed by atoms with Crippen LogP contribution in [0.15, 0.2) is 29.2 Å².